The summed E-state index contributed by atoms with van der Waals surface area (Å²) >= 11 is 0. The highest BCUT2D eigenvalue weighted by Crippen LogP contribution is 2.36. The summed E-state index contributed by atoms with van der Waals surface area (Å²) in [6, 6.07) is 8.54. The number of nitrogens with two attached hydrogens (primary N) is 1. The summed E-state index contributed by atoms with van der Waals surface area (Å²) in [4.78, 5) is 27.6. The molecule has 11 nitrogen and oxygen atoms in total. The smallest absolute Gasteiger partial charge is 0.408 e. The van der Waals surface area contributed by atoms with Gasteiger partial charge in [0.15, 0.2) is 5.82 Å². The average molecular weight is 451 g/mol. The zero-order valence-electron chi connectivity index (χ0n) is 18.5. The maximum atomic E-state index is 12.2. The number of carbonyl (C=O) groups is 1. The molecule has 1 amide bonds. The molecule has 2 aromatic heterocycles. The number of nitro groups is 1. The molecule has 4 N–H and O–H groups in total. The fourth-order valence-electron chi connectivity index (χ4n) is 3.78. The standard InChI is InChI=1S/C22H25N7O4/c1-22(2,3)33-21(30)26-17-8-5-13-11-14(6-7-15(13)17)25-20-19(29(31)32)16(23)12-18(27-20)28-10-4-9-24-28/h4,6-7,9-12,17H,5,8H2,1-3H3,(H,26,30)(H3,23,25,27)/t17-/m0/s1. The summed E-state index contributed by atoms with van der Waals surface area (Å²) in [5, 5.41) is 21.7. The lowest BCUT2D eigenvalue weighted by molar-refractivity contribution is -0.383. The molecule has 172 valence electrons. The lowest BCUT2D eigenvalue weighted by Crippen LogP contribution is -2.34. The zero-order chi connectivity index (χ0) is 23.8. The molecule has 0 aliphatic heterocycles. The molecule has 0 saturated carbocycles. The van der Waals surface area contributed by atoms with E-state index in [0.717, 1.165) is 24.0 Å². The Bertz CT molecular complexity index is 1200. The van der Waals surface area contributed by atoms with Gasteiger partial charge in [-0.2, -0.15) is 5.10 Å². The quantitative estimate of drug-likeness (QED) is 0.389. The first kappa shape index (κ1) is 22.1. The second kappa shape index (κ2) is 8.41. The number of ether oxygens (including phenoxy) is 1. The molecule has 11 heteroatoms. The van der Waals surface area contributed by atoms with E-state index in [0.29, 0.717) is 11.5 Å². The molecule has 2 heterocycles. The van der Waals surface area contributed by atoms with Crippen LogP contribution in [0.5, 0.6) is 0 Å². The van der Waals surface area contributed by atoms with Gasteiger partial charge < -0.3 is 21.1 Å². The Morgan fingerprint density at radius 3 is 2.79 bits per heavy atom. The lowest BCUT2D eigenvalue weighted by Gasteiger charge is -2.22. The molecule has 3 aromatic rings. The van der Waals surface area contributed by atoms with Crippen molar-refractivity contribution >= 4 is 29.0 Å². The summed E-state index contributed by atoms with van der Waals surface area (Å²) in [5.41, 5.74) is 7.70. The number of fused-ring (bicyclic) bond motifs is 1. The number of aryl methyl sites for hydroxylation is 1. The summed E-state index contributed by atoms with van der Waals surface area (Å²) in [6.07, 6.45) is 4.27. The molecule has 1 atom stereocenters. The third kappa shape index (κ3) is 4.86. The zero-order valence-corrected chi connectivity index (χ0v) is 18.5. The van der Waals surface area contributed by atoms with Crippen LogP contribution in [0, 0.1) is 10.1 Å². The number of aromatic nitrogens is 3. The van der Waals surface area contributed by atoms with E-state index < -0.39 is 16.6 Å². The van der Waals surface area contributed by atoms with Gasteiger partial charge in [-0.25, -0.2) is 14.5 Å². The number of hydrogen-bond acceptors (Lipinski definition) is 8. The summed E-state index contributed by atoms with van der Waals surface area (Å²) in [5.74, 6) is 0.375. The summed E-state index contributed by atoms with van der Waals surface area (Å²) in [7, 11) is 0. The van der Waals surface area contributed by atoms with Gasteiger partial charge in [0.25, 0.3) is 0 Å². The minimum absolute atomic E-state index is 0.0203. The normalized spacial score (nSPS) is 15.1. The van der Waals surface area contributed by atoms with Gasteiger partial charge >= 0.3 is 11.8 Å². The van der Waals surface area contributed by atoms with Crippen molar-refractivity contribution in [3.05, 3.63) is 64.0 Å². The predicted octanol–water partition coefficient (Wildman–Crippen LogP) is 4.01. The van der Waals surface area contributed by atoms with Crippen molar-refractivity contribution in [1.29, 1.82) is 0 Å². The van der Waals surface area contributed by atoms with Gasteiger partial charge in [-0.15, -0.1) is 0 Å². The number of alkyl carbamates (subject to hydrolysis) is 1. The Kier molecular flexibility index (Phi) is 5.62. The maximum absolute atomic E-state index is 12.2. The topological polar surface area (TPSA) is 150 Å². The van der Waals surface area contributed by atoms with Crippen LogP contribution < -0.4 is 16.4 Å². The number of carbonyl (C=O) groups excluding carboxylic acids is 1. The highest BCUT2D eigenvalue weighted by Gasteiger charge is 2.27. The molecule has 1 aliphatic carbocycles. The number of pyridine rings is 1. The van der Waals surface area contributed by atoms with Crippen LogP contribution in [0.3, 0.4) is 0 Å². The van der Waals surface area contributed by atoms with E-state index in [1.807, 2.05) is 32.9 Å². The van der Waals surface area contributed by atoms with Crippen LogP contribution >= 0.6 is 0 Å². The van der Waals surface area contributed by atoms with E-state index in [-0.39, 0.29) is 23.2 Å². The van der Waals surface area contributed by atoms with Crippen molar-refractivity contribution in [2.45, 2.75) is 45.3 Å². The van der Waals surface area contributed by atoms with Gasteiger partial charge in [0.2, 0.25) is 5.82 Å². The average Bonchev–Trinajstić information content (AvgIpc) is 3.36. The van der Waals surface area contributed by atoms with E-state index in [4.69, 9.17) is 10.5 Å². The van der Waals surface area contributed by atoms with Crippen molar-refractivity contribution in [2.24, 2.45) is 0 Å². The van der Waals surface area contributed by atoms with Crippen LogP contribution in [-0.2, 0) is 11.2 Å². The van der Waals surface area contributed by atoms with E-state index in [9.17, 15) is 14.9 Å². The Morgan fingerprint density at radius 2 is 2.12 bits per heavy atom. The van der Waals surface area contributed by atoms with E-state index in [1.165, 1.54) is 10.7 Å². The molecule has 0 bridgehead atoms. The van der Waals surface area contributed by atoms with E-state index >= 15 is 0 Å². The first-order chi connectivity index (χ1) is 15.6. The Morgan fingerprint density at radius 1 is 1.33 bits per heavy atom. The van der Waals surface area contributed by atoms with Crippen LogP contribution in [0.25, 0.3) is 5.82 Å². The number of anilines is 3. The SMILES string of the molecule is CC(C)(C)OC(=O)N[C@H]1CCc2cc(Nc3nc(-n4cccn4)cc(N)c3[N+](=O)[O-])ccc21. The van der Waals surface area contributed by atoms with Crippen LogP contribution in [0.2, 0.25) is 0 Å². The van der Waals surface area contributed by atoms with Gasteiger partial charge in [0.05, 0.1) is 11.0 Å². The summed E-state index contributed by atoms with van der Waals surface area (Å²) < 4.78 is 6.83. The monoisotopic (exact) mass is 451 g/mol. The number of nitrogen functional groups attached to an aromatic ring is 1. The first-order valence-corrected chi connectivity index (χ1v) is 10.4. The second-order valence-electron chi connectivity index (χ2n) is 8.75. The van der Waals surface area contributed by atoms with Crippen molar-refractivity contribution < 1.29 is 14.5 Å². The third-order valence-corrected chi connectivity index (χ3v) is 5.10. The Labute approximate surface area is 190 Å². The van der Waals surface area contributed by atoms with Crippen LogP contribution in [0.4, 0.5) is 27.7 Å². The maximum Gasteiger partial charge on any atom is 0.408 e. The van der Waals surface area contributed by atoms with Crippen LogP contribution in [0.15, 0.2) is 42.7 Å². The molecule has 33 heavy (non-hydrogen) atoms. The Hall–Kier alpha value is -4.15. The van der Waals surface area contributed by atoms with Gasteiger partial charge in [-0.1, -0.05) is 6.07 Å². The van der Waals surface area contributed by atoms with Gasteiger partial charge in [0, 0.05) is 24.1 Å². The number of nitrogens with zero attached hydrogens (tertiary/aromatic N) is 4. The number of rotatable bonds is 5. The fraction of sp³-hybridized carbons (Fsp3) is 0.318. The fourth-order valence-corrected chi connectivity index (χ4v) is 3.78. The number of amides is 1. The molecule has 0 fully saturated rings. The molecule has 0 saturated heterocycles. The number of nitrogens with one attached hydrogen (secondary N) is 2. The third-order valence-electron chi connectivity index (χ3n) is 5.10. The molecule has 1 aliphatic rings. The largest absolute Gasteiger partial charge is 0.444 e. The van der Waals surface area contributed by atoms with Crippen molar-refractivity contribution in [3.63, 3.8) is 0 Å². The van der Waals surface area contributed by atoms with Crippen molar-refractivity contribution in [3.8, 4) is 5.82 Å². The van der Waals surface area contributed by atoms with Crippen molar-refractivity contribution in [2.75, 3.05) is 11.1 Å². The number of hydrogen-bond donors (Lipinski definition) is 3. The molecular formula is C22H25N7O4. The lowest BCUT2D eigenvalue weighted by atomic mass is 10.1. The first-order valence-electron chi connectivity index (χ1n) is 10.4. The predicted molar refractivity (Wildman–Crippen MR) is 123 cm³/mol. The van der Waals surface area contributed by atoms with Crippen LogP contribution in [0.1, 0.15) is 44.4 Å². The molecule has 1 aromatic carbocycles. The van der Waals surface area contributed by atoms with Gasteiger partial charge in [-0.05, 0) is 62.9 Å². The summed E-state index contributed by atoms with van der Waals surface area (Å²) in [6.45, 7) is 5.44. The number of benzene rings is 1. The van der Waals surface area contributed by atoms with Gasteiger partial charge in [-0.3, -0.25) is 10.1 Å². The van der Waals surface area contributed by atoms with E-state index in [1.54, 1.807) is 24.5 Å². The minimum atomic E-state index is -0.576. The molecular weight excluding hydrogens is 426 g/mol. The highest BCUT2D eigenvalue weighted by molar-refractivity contribution is 5.77. The van der Waals surface area contributed by atoms with Crippen molar-refractivity contribution in [1.82, 2.24) is 20.1 Å². The molecule has 0 spiro atoms. The second-order valence-corrected chi connectivity index (χ2v) is 8.75. The van der Waals surface area contributed by atoms with Crippen LogP contribution in [-0.4, -0.2) is 31.4 Å². The van der Waals surface area contributed by atoms with Gasteiger partial charge in [0.1, 0.15) is 11.3 Å². The molecule has 4 rings (SSSR count). The Balaban J connectivity index is 1.58. The molecule has 0 radical (unpaired) electrons. The minimum Gasteiger partial charge on any atom is -0.444 e. The molecule has 0 unspecified atom stereocenters. The van der Waals surface area contributed by atoms with E-state index in [2.05, 4.69) is 20.7 Å². The highest BCUT2D eigenvalue weighted by atomic mass is 16.6.